The number of halogens is 1. The Morgan fingerprint density at radius 1 is 1.47 bits per heavy atom. The molecule has 0 bridgehead atoms. The van der Waals surface area contributed by atoms with Crippen molar-refractivity contribution in [3.05, 3.63) is 33.9 Å². The highest BCUT2D eigenvalue weighted by atomic mass is 35.5. The number of carbonyl (C=O) groups is 1. The molecule has 0 aliphatic carbocycles. The maximum absolute atomic E-state index is 11.0. The van der Waals surface area contributed by atoms with Crippen LogP contribution in [0.4, 0.5) is 11.4 Å². The summed E-state index contributed by atoms with van der Waals surface area (Å²) in [5, 5.41) is 10.4. The third-order valence-electron chi connectivity index (χ3n) is 1.57. The molecule has 0 fully saturated rings. The summed E-state index contributed by atoms with van der Waals surface area (Å²) >= 11 is 0. The Balaban J connectivity index is 0.00000196. The minimum atomic E-state index is -0.652. The van der Waals surface area contributed by atoms with E-state index in [0.717, 1.165) is 6.07 Å². The Morgan fingerprint density at radius 2 is 2.07 bits per heavy atom. The van der Waals surface area contributed by atoms with E-state index in [9.17, 15) is 14.9 Å². The van der Waals surface area contributed by atoms with Crippen molar-refractivity contribution in [1.82, 2.24) is 0 Å². The molecule has 0 heterocycles. The lowest BCUT2D eigenvalue weighted by molar-refractivity contribution is -0.384. The SMILES string of the molecule is COC(=O)c1cc(N)cc([N+](=O)[O-])c1.Cl. The van der Waals surface area contributed by atoms with E-state index in [1.165, 1.54) is 19.2 Å². The number of rotatable bonds is 2. The van der Waals surface area contributed by atoms with Gasteiger partial charge in [0.2, 0.25) is 0 Å². The number of ether oxygens (including phenoxy) is 1. The molecule has 1 aromatic rings. The highest BCUT2D eigenvalue weighted by molar-refractivity contribution is 5.91. The maximum Gasteiger partial charge on any atom is 0.338 e. The molecule has 0 amide bonds. The molecule has 0 aromatic heterocycles. The third-order valence-corrected chi connectivity index (χ3v) is 1.57. The first kappa shape index (κ1) is 13.2. The zero-order valence-electron chi connectivity index (χ0n) is 7.80. The Kier molecular flexibility index (Phi) is 4.53. The van der Waals surface area contributed by atoms with Crippen molar-refractivity contribution in [3.8, 4) is 0 Å². The number of nitrogens with zero attached hydrogens (tertiary/aromatic N) is 1. The van der Waals surface area contributed by atoms with Crippen molar-refractivity contribution in [1.29, 1.82) is 0 Å². The van der Waals surface area contributed by atoms with Crippen molar-refractivity contribution >= 4 is 29.8 Å². The standard InChI is InChI=1S/C8H8N2O4.ClH/c1-14-8(11)5-2-6(9)4-7(3-5)10(12)13;/h2-4H,9H2,1H3;1H. The van der Waals surface area contributed by atoms with Gasteiger partial charge < -0.3 is 10.5 Å². The van der Waals surface area contributed by atoms with Crippen LogP contribution in [0.1, 0.15) is 10.4 Å². The van der Waals surface area contributed by atoms with Crippen LogP contribution >= 0.6 is 12.4 Å². The predicted molar refractivity (Wildman–Crippen MR) is 56.1 cm³/mol. The molecule has 0 atom stereocenters. The van der Waals surface area contributed by atoms with Crippen LogP contribution in [0.2, 0.25) is 0 Å². The van der Waals surface area contributed by atoms with E-state index in [4.69, 9.17) is 5.73 Å². The molecular weight excluding hydrogens is 224 g/mol. The number of nitrogen functional groups attached to an aromatic ring is 1. The molecule has 0 saturated heterocycles. The minimum absolute atomic E-state index is 0. The number of anilines is 1. The van der Waals surface area contributed by atoms with Crippen molar-refractivity contribution in [2.45, 2.75) is 0 Å². The van der Waals surface area contributed by atoms with Crippen LogP contribution in [0.25, 0.3) is 0 Å². The molecule has 6 nitrogen and oxygen atoms in total. The van der Waals surface area contributed by atoms with E-state index >= 15 is 0 Å². The highest BCUT2D eigenvalue weighted by Gasteiger charge is 2.13. The second-order valence-electron chi connectivity index (χ2n) is 2.56. The molecule has 7 heteroatoms. The summed E-state index contributed by atoms with van der Waals surface area (Å²) < 4.78 is 4.41. The van der Waals surface area contributed by atoms with Crippen molar-refractivity contribution in [2.24, 2.45) is 0 Å². The number of methoxy groups -OCH3 is 1. The first-order valence-electron chi connectivity index (χ1n) is 3.68. The summed E-state index contributed by atoms with van der Waals surface area (Å²) in [5.74, 6) is -0.652. The monoisotopic (exact) mass is 232 g/mol. The van der Waals surface area contributed by atoms with Gasteiger partial charge in [0.15, 0.2) is 0 Å². The van der Waals surface area contributed by atoms with Crippen LogP contribution in [0.3, 0.4) is 0 Å². The summed E-state index contributed by atoms with van der Waals surface area (Å²) in [5.41, 5.74) is 5.37. The maximum atomic E-state index is 11.0. The second kappa shape index (κ2) is 5.16. The van der Waals surface area contributed by atoms with Crippen molar-refractivity contribution < 1.29 is 14.5 Å². The van der Waals surface area contributed by atoms with Gasteiger partial charge in [-0.1, -0.05) is 0 Å². The molecule has 1 aromatic carbocycles. The number of nitro groups is 1. The molecule has 0 radical (unpaired) electrons. The van der Waals surface area contributed by atoms with Crippen LogP contribution in [0.5, 0.6) is 0 Å². The smallest absolute Gasteiger partial charge is 0.338 e. The topological polar surface area (TPSA) is 95.5 Å². The number of benzene rings is 1. The lowest BCUT2D eigenvalue weighted by Crippen LogP contribution is -2.03. The van der Waals surface area contributed by atoms with Crippen molar-refractivity contribution in [3.63, 3.8) is 0 Å². The molecule has 0 spiro atoms. The number of carbonyl (C=O) groups excluding carboxylic acids is 1. The first-order chi connectivity index (χ1) is 6.54. The Labute approximate surface area is 91.6 Å². The van der Waals surface area contributed by atoms with Gasteiger partial charge in [-0.2, -0.15) is 0 Å². The molecular formula is C8H9ClN2O4. The fraction of sp³-hybridized carbons (Fsp3) is 0.125. The third kappa shape index (κ3) is 3.10. The van der Waals surface area contributed by atoms with Gasteiger partial charge in [0.25, 0.3) is 5.69 Å². The van der Waals surface area contributed by atoms with Gasteiger partial charge in [0.05, 0.1) is 17.6 Å². The van der Waals surface area contributed by atoms with E-state index in [1.54, 1.807) is 0 Å². The number of hydrogen-bond donors (Lipinski definition) is 1. The van der Waals surface area contributed by atoms with E-state index in [-0.39, 0.29) is 29.3 Å². The van der Waals surface area contributed by atoms with Gasteiger partial charge in [0, 0.05) is 17.8 Å². The van der Waals surface area contributed by atoms with Crippen LogP contribution in [0.15, 0.2) is 18.2 Å². The molecule has 0 unspecified atom stereocenters. The lowest BCUT2D eigenvalue weighted by Gasteiger charge is -2.00. The van der Waals surface area contributed by atoms with Gasteiger partial charge in [-0.05, 0) is 6.07 Å². The lowest BCUT2D eigenvalue weighted by atomic mass is 10.2. The van der Waals surface area contributed by atoms with Gasteiger partial charge in [0.1, 0.15) is 0 Å². The summed E-state index contributed by atoms with van der Waals surface area (Å²) in [4.78, 5) is 20.8. The molecule has 0 aliphatic heterocycles. The van der Waals surface area contributed by atoms with Crippen LogP contribution in [-0.4, -0.2) is 18.0 Å². The molecule has 15 heavy (non-hydrogen) atoms. The molecule has 1 rings (SSSR count). The number of non-ortho nitro benzene ring substituents is 1. The Bertz CT molecular complexity index is 394. The fourth-order valence-corrected chi connectivity index (χ4v) is 0.976. The number of hydrogen-bond acceptors (Lipinski definition) is 5. The summed E-state index contributed by atoms with van der Waals surface area (Å²) in [6.07, 6.45) is 0. The highest BCUT2D eigenvalue weighted by Crippen LogP contribution is 2.18. The largest absolute Gasteiger partial charge is 0.465 e. The Morgan fingerprint density at radius 3 is 2.53 bits per heavy atom. The van der Waals surface area contributed by atoms with Crippen LogP contribution < -0.4 is 5.73 Å². The predicted octanol–water partition coefficient (Wildman–Crippen LogP) is 1.39. The molecule has 82 valence electrons. The number of esters is 1. The van der Waals surface area contributed by atoms with Crippen LogP contribution in [0, 0.1) is 10.1 Å². The normalized spacial score (nSPS) is 8.87. The second-order valence-corrected chi connectivity index (χ2v) is 2.56. The molecule has 2 N–H and O–H groups in total. The van der Waals surface area contributed by atoms with Gasteiger partial charge in [-0.15, -0.1) is 12.4 Å². The van der Waals surface area contributed by atoms with Crippen molar-refractivity contribution in [2.75, 3.05) is 12.8 Å². The first-order valence-corrected chi connectivity index (χ1v) is 3.68. The van der Waals surface area contributed by atoms with Crippen LogP contribution in [-0.2, 0) is 4.74 Å². The molecule has 0 saturated carbocycles. The van der Waals surface area contributed by atoms with E-state index < -0.39 is 10.9 Å². The summed E-state index contributed by atoms with van der Waals surface area (Å²) in [6.45, 7) is 0. The zero-order valence-corrected chi connectivity index (χ0v) is 8.61. The van der Waals surface area contributed by atoms with Gasteiger partial charge in [-0.3, -0.25) is 10.1 Å². The Hall–Kier alpha value is -1.82. The minimum Gasteiger partial charge on any atom is -0.465 e. The summed E-state index contributed by atoms with van der Waals surface area (Å²) in [7, 11) is 1.19. The zero-order chi connectivity index (χ0) is 10.7. The van der Waals surface area contributed by atoms with E-state index in [1.807, 2.05) is 0 Å². The fourth-order valence-electron chi connectivity index (χ4n) is 0.976. The average Bonchev–Trinajstić information content (AvgIpc) is 2.15. The number of nitro benzene ring substituents is 1. The van der Waals surface area contributed by atoms with E-state index in [0.29, 0.717) is 0 Å². The number of nitrogens with two attached hydrogens (primary N) is 1. The van der Waals surface area contributed by atoms with E-state index in [2.05, 4.69) is 4.74 Å². The summed E-state index contributed by atoms with van der Waals surface area (Å²) in [6, 6.07) is 3.60. The van der Waals surface area contributed by atoms with Gasteiger partial charge >= 0.3 is 5.97 Å². The molecule has 0 aliphatic rings. The van der Waals surface area contributed by atoms with Gasteiger partial charge in [-0.25, -0.2) is 4.79 Å². The average molecular weight is 233 g/mol. The quantitative estimate of drug-likeness (QED) is 0.360.